The molecule has 1 aromatic heterocycles. The maximum atomic E-state index is 5.96. The van der Waals surface area contributed by atoms with Gasteiger partial charge in [0, 0.05) is 48.6 Å². The maximum absolute atomic E-state index is 5.96. The molecule has 2 aliphatic heterocycles. The second-order valence-corrected chi connectivity index (χ2v) is 8.42. The molecule has 1 fully saturated rings. The number of morpholine rings is 1. The van der Waals surface area contributed by atoms with E-state index in [9.17, 15) is 0 Å². The molecule has 1 aromatic carbocycles. The van der Waals surface area contributed by atoms with Gasteiger partial charge in [-0.1, -0.05) is 6.07 Å². The first-order valence-electron chi connectivity index (χ1n) is 10.3. The molecule has 0 aliphatic carbocycles. The summed E-state index contributed by atoms with van der Waals surface area (Å²) >= 11 is 1.83. The molecule has 1 N–H and O–H groups in total. The Morgan fingerprint density at radius 3 is 2.93 bits per heavy atom. The number of hydrogen-bond acceptors (Lipinski definition) is 6. The van der Waals surface area contributed by atoms with Gasteiger partial charge in [0.2, 0.25) is 0 Å². The molecule has 0 radical (unpaired) electrons. The average Bonchev–Trinajstić information content (AvgIpc) is 3.35. The monoisotopic (exact) mass is 402 g/mol. The van der Waals surface area contributed by atoms with E-state index in [1.807, 2.05) is 18.3 Å². The molecule has 2 aromatic rings. The molecule has 5 nitrogen and oxygen atoms in total. The Kier molecular flexibility index (Phi) is 6.52. The van der Waals surface area contributed by atoms with Gasteiger partial charge in [0.15, 0.2) is 0 Å². The lowest BCUT2D eigenvalue weighted by molar-refractivity contribution is 0.0168. The minimum absolute atomic E-state index is 0.247. The van der Waals surface area contributed by atoms with Crippen LogP contribution in [-0.2, 0) is 17.7 Å². The summed E-state index contributed by atoms with van der Waals surface area (Å²) in [6.07, 6.45) is 1.21. The van der Waals surface area contributed by atoms with Crippen molar-refractivity contribution in [1.82, 2.24) is 10.2 Å². The molecule has 0 amide bonds. The quantitative estimate of drug-likeness (QED) is 0.730. The van der Waals surface area contributed by atoms with Crippen molar-refractivity contribution in [3.8, 4) is 11.5 Å². The fraction of sp³-hybridized carbons (Fsp3) is 0.545. The third-order valence-corrected chi connectivity index (χ3v) is 6.36. The number of nitrogens with one attached hydrogen (secondary N) is 1. The molecular formula is C22H30N2O3S. The number of nitrogens with zero attached hydrogens (tertiary/aromatic N) is 1. The molecule has 0 bridgehead atoms. The summed E-state index contributed by atoms with van der Waals surface area (Å²) in [5, 5.41) is 5.84. The van der Waals surface area contributed by atoms with Crippen molar-refractivity contribution < 1.29 is 14.2 Å². The van der Waals surface area contributed by atoms with Crippen LogP contribution < -0.4 is 14.8 Å². The maximum Gasteiger partial charge on any atom is 0.124 e. The van der Waals surface area contributed by atoms with E-state index in [0.29, 0.717) is 12.6 Å². The van der Waals surface area contributed by atoms with Gasteiger partial charge in [-0.15, -0.1) is 11.3 Å². The summed E-state index contributed by atoms with van der Waals surface area (Å²) in [7, 11) is 0. The number of hydrogen-bond donors (Lipinski definition) is 1. The molecule has 6 heteroatoms. The number of thiophene rings is 1. The van der Waals surface area contributed by atoms with Gasteiger partial charge in [-0.3, -0.25) is 4.90 Å². The summed E-state index contributed by atoms with van der Waals surface area (Å²) in [6, 6.07) is 9.08. The average molecular weight is 403 g/mol. The van der Waals surface area contributed by atoms with E-state index in [2.05, 4.69) is 46.8 Å². The highest BCUT2D eigenvalue weighted by Crippen LogP contribution is 2.35. The van der Waals surface area contributed by atoms with Crippen LogP contribution in [0.3, 0.4) is 0 Å². The van der Waals surface area contributed by atoms with Gasteiger partial charge in [0.1, 0.15) is 17.6 Å². The molecule has 152 valence electrons. The largest absolute Gasteiger partial charge is 0.494 e. The second-order valence-electron chi connectivity index (χ2n) is 7.44. The Labute approximate surface area is 171 Å². The van der Waals surface area contributed by atoms with Gasteiger partial charge in [0.05, 0.1) is 25.9 Å². The lowest BCUT2D eigenvalue weighted by Gasteiger charge is -2.34. The zero-order chi connectivity index (χ0) is 19.3. The summed E-state index contributed by atoms with van der Waals surface area (Å²) in [6.45, 7) is 10.1. The molecular weight excluding hydrogens is 372 g/mol. The minimum atomic E-state index is 0.247. The van der Waals surface area contributed by atoms with Gasteiger partial charge in [-0.05, 0) is 37.4 Å². The van der Waals surface area contributed by atoms with Gasteiger partial charge in [-0.2, -0.15) is 0 Å². The highest BCUT2D eigenvalue weighted by Gasteiger charge is 2.24. The SMILES string of the molecule is CCOc1cc2c(cc1CNC[C@H](c1cccs1)N1CCOCC1)O[C@H](C)C2. The van der Waals surface area contributed by atoms with Gasteiger partial charge >= 0.3 is 0 Å². The van der Waals surface area contributed by atoms with E-state index in [1.54, 1.807) is 0 Å². The molecule has 3 heterocycles. The zero-order valence-corrected chi connectivity index (χ0v) is 17.6. The Morgan fingerprint density at radius 1 is 1.32 bits per heavy atom. The fourth-order valence-electron chi connectivity index (χ4n) is 4.03. The number of rotatable bonds is 8. The molecule has 0 saturated carbocycles. The predicted octanol–water partition coefficient (Wildman–Crippen LogP) is 3.63. The summed E-state index contributed by atoms with van der Waals surface area (Å²) in [5.41, 5.74) is 2.42. The third-order valence-electron chi connectivity index (χ3n) is 5.39. The van der Waals surface area contributed by atoms with Crippen LogP contribution in [0.25, 0.3) is 0 Å². The van der Waals surface area contributed by atoms with E-state index in [0.717, 1.165) is 57.3 Å². The van der Waals surface area contributed by atoms with E-state index in [1.165, 1.54) is 16.0 Å². The first kappa shape index (κ1) is 19.7. The fourth-order valence-corrected chi connectivity index (χ4v) is 4.89. The van der Waals surface area contributed by atoms with E-state index in [4.69, 9.17) is 14.2 Å². The summed E-state index contributed by atoms with van der Waals surface area (Å²) in [4.78, 5) is 3.93. The third kappa shape index (κ3) is 4.51. The van der Waals surface area contributed by atoms with Crippen molar-refractivity contribution >= 4 is 11.3 Å². The molecule has 0 unspecified atom stereocenters. The van der Waals surface area contributed by atoms with Crippen molar-refractivity contribution in [3.63, 3.8) is 0 Å². The number of benzene rings is 1. The van der Waals surface area contributed by atoms with Crippen LogP contribution in [0.4, 0.5) is 0 Å². The summed E-state index contributed by atoms with van der Waals surface area (Å²) < 4.78 is 17.4. The molecule has 1 saturated heterocycles. The molecule has 0 spiro atoms. The van der Waals surface area contributed by atoms with Crippen molar-refractivity contribution in [3.05, 3.63) is 45.6 Å². The summed E-state index contributed by atoms with van der Waals surface area (Å²) in [5.74, 6) is 1.99. The number of fused-ring (bicyclic) bond motifs is 1. The van der Waals surface area contributed by atoms with Crippen LogP contribution in [0.15, 0.2) is 29.6 Å². The van der Waals surface area contributed by atoms with Crippen molar-refractivity contribution in [2.75, 3.05) is 39.5 Å². The first-order valence-corrected chi connectivity index (χ1v) is 11.1. The van der Waals surface area contributed by atoms with Crippen molar-refractivity contribution in [1.29, 1.82) is 0 Å². The lowest BCUT2D eigenvalue weighted by atomic mass is 10.1. The van der Waals surface area contributed by atoms with Gasteiger partial charge in [-0.25, -0.2) is 0 Å². The normalized spacial score (nSPS) is 20.6. The standard InChI is InChI=1S/C22H30N2O3S/c1-3-26-20-12-17-11-16(2)27-21(17)13-18(20)14-23-15-19(22-5-4-10-28-22)24-6-8-25-9-7-24/h4-5,10,12-13,16,19,23H,3,6-9,11,14-15H2,1-2H3/t16-,19-/m1/s1. The van der Waals surface area contributed by atoms with Crippen LogP contribution in [0.2, 0.25) is 0 Å². The van der Waals surface area contributed by atoms with E-state index in [-0.39, 0.29) is 6.10 Å². The van der Waals surface area contributed by atoms with Crippen LogP contribution in [0.1, 0.15) is 35.9 Å². The van der Waals surface area contributed by atoms with E-state index < -0.39 is 0 Å². The molecule has 4 rings (SSSR count). The van der Waals surface area contributed by atoms with Crippen LogP contribution in [0, 0.1) is 0 Å². The van der Waals surface area contributed by atoms with Crippen LogP contribution in [-0.4, -0.2) is 50.5 Å². The Bertz CT molecular complexity index is 759. The Hall–Kier alpha value is -1.60. The van der Waals surface area contributed by atoms with Crippen LogP contribution >= 0.6 is 11.3 Å². The zero-order valence-electron chi connectivity index (χ0n) is 16.8. The van der Waals surface area contributed by atoms with Gasteiger partial charge in [0.25, 0.3) is 0 Å². The highest BCUT2D eigenvalue weighted by atomic mass is 32.1. The Morgan fingerprint density at radius 2 is 2.18 bits per heavy atom. The van der Waals surface area contributed by atoms with Crippen molar-refractivity contribution in [2.24, 2.45) is 0 Å². The van der Waals surface area contributed by atoms with E-state index >= 15 is 0 Å². The number of ether oxygens (including phenoxy) is 3. The smallest absolute Gasteiger partial charge is 0.124 e. The molecule has 2 atom stereocenters. The van der Waals surface area contributed by atoms with Crippen molar-refractivity contribution in [2.45, 2.75) is 39.0 Å². The second kappa shape index (κ2) is 9.27. The first-order chi connectivity index (χ1) is 13.7. The van der Waals surface area contributed by atoms with Crippen LogP contribution in [0.5, 0.6) is 11.5 Å². The van der Waals surface area contributed by atoms with Gasteiger partial charge < -0.3 is 19.5 Å². The highest BCUT2D eigenvalue weighted by molar-refractivity contribution is 7.10. The topological polar surface area (TPSA) is 43.0 Å². The molecule has 28 heavy (non-hydrogen) atoms. The minimum Gasteiger partial charge on any atom is -0.494 e. The predicted molar refractivity (Wildman–Crippen MR) is 113 cm³/mol. The molecule has 2 aliphatic rings. The lowest BCUT2D eigenvalue weighted by Crippen LogP contribution is -2.42. The Balaban J connectivity index is 1.45.